The van der Waals surface area contributed by atoms with Crippen molar-refractivity contribution in [2.24, 2.45) is 0 Å². The van der Waals surface area contributed by atoms with Gasteiger partial charge in [0.25, 0.3) is 0 Å². The summed E-state index contributed by atoms with van der Waals surface area (Å²) in [5.74, 6) is 0.920. The highest BCUT2D eigenvalue weighted by molar-refractivity contribution is 7.10. The zero-order chi connectivity index (χ0) is 14.8. The van der Waals surface area contributed by atoms with Crippen LogP contribution in [0, 0.1) is 0 Å². The number of likely N-dealkylation sites (N-methyl/N-ethyl adjacent to an activating group) is 1. The predicted octanol–water partition coefficient (Wildman–Crippen LogP) is 4.26. The Morgan fingerprint density at radius 1 is 1.29 bits per heavy atom. The van der Waals surface area contributed by atoms with Gasteiger partial charge in [-0.15, -0.1) is 11.3 Å². The Morgan fingerprint density at radius 2 is 2.10 bits per heavy atom. The van der Waals surface area contributed by atoms with Crippen LogP contribution in [0.15, 0.2) is 52.3 Å². The number of thiophene rings is 1. The molecule has 2 aromatic heterocycles. The molecule has 1 atom stereocenters. The minimum Gasteiger partial charge on any atom is -0.459 e. The molecule has 108 valence electrons. The third kappa shape index (κ3) is 2.85. The Balaban J connectivity index is 1.77. The number of hydrogen-bond donors (Lipinski definition) is 0. The Kier molecular flexibility index (Phi) is 3.80. The lowest BCUT2D eigenvalue weighted by atomic mass is 10.2. The van der Waals surface area contributed by atoms with Crippen LogP contribution in [0.3, 0.4) is 0 Å². The van der Waals surface area contributed by atoms with Gasteiger partial charge in [0.2, 0.25) is 5.91 Å². The van der Waals surface area contributed by atoms with Crippen LogP contribution in [0.4, 0.5) is 0 Å². The first-order chi connectivity index (χ1) is 10.1. The standard InChI is InChI=1S/C17H17NO2S/c1-12(16-10-13-6-3-4-8-15(13)20-16)18(2)17(19)11-14-7-5-9-21-14/h3-10,12H,11H2,1-2H3/t12-/m0/s1. The van der Waals surface area contributed by atoms with Crippen molar-refractivity contribution >= 4 is 28.2 Å². The average Bonchev–Trinajstić information content (AvgIpc) is 3.14. The molecule has 0 radical (unpaired) electrons. The Labute approximate surface area is 127 Å². The van der Waals surface area contributed by atoms with Gasteiger partial charge in [-0.05, 0) is 30.5 Å². The monoisotopic (exact) mass is 299 g/mol. The molecular formula is C17H17NO2S. The molecule has 0 saturated carbocycles. The van der Waals surface area contributed by atoms with Crippen molar-refractivity contribution in [2.75, 3.05) is 7.05 Å². The first kappa shape index (κ1) is 13.9. The summed E-state index contributed by atoms with van der Waals surface area (Å²) in [7, 11) is 1.83. The van der Waals surface area contributed by atoms with E-state index in [1.165, 1.54) is 0 Å². The molecule has 2 heterocycles. The molecule has 0 saturated heterocycles. The van der Waals surface area contributed by atoms with Gasteiger partial charge in [0.15, 0.2) is 0 Å². The minimum absolute atomic E-state index is 0.0788. The Hall–Kier alpha value is -2.07. The summed E-state index contributed by atoms with van der Waals surface area (Å²) in [4.78, 5) is 15.2. The van der Waals surface area contributed by atoms with E-state index < -0.39 is 0 Å². The molecule has 1 aromatic carbocycles. The molecule has 4 heteroatoms. The minimum atomic E-state index is -0.0788. The highest BCUT2D eigenvalue weighted by Crippen LogP contribution is 2.27. The Morgan fingerprint density at radius 3 is 2.81 bits per heavy atom. The van der Waals surface area contributed by atoms with E-state index in [9.17, 15) is 4.79 Å². The third-order valence-electron chi connectivity index (χ3n) is 3.74. The van der Waals surface area contributed by atoms with Gasteiger partial charge < -0.3 is 9.32 Å². The molecule has 21 heavy (non-hydrogen) atoms. The largest absolute Gasteiger partial charge is 0.459 e. The maximum Gasteiger partial charge on any atom is 0.228 e. The van der Waals surface area contributed by atoms with Crippen molar-refractivity contribution in [1.29, 1.82) is 0 Å². The first-order valence-corrected chi connectivity index (χ1v) is 7.79. The van der Waals surface area contributed by atoms with Gasteiger partial charge in [0.05, 0.1) is 12.5 Å². The summed E-state index contributed by atoms with van der Waals surface area (Å²) in [5, 5.41) is 3.06. The van der Waals surface area contributed by atoms with Crippen LogP contribution in [0.5, 0.6) is 0 Å². The number of para-hydroxylation sites is 1. The summed E-state index contributed by atoms with van der Waals surface area (Å²) >= 11 is 1.61. The zero-order valence-electron chi connectivity index (χ0n) is 12.1. The third-order valence-corrected chi connectivity index (χ3v) is 4.61. The van der Waals surface area contributed by atoms with Crippen LogP contribution in [-0.4, -0.2) is 17.9 Å². The second kappa shape index (κ2) is 5.74. The molecule has 0 aliphatic rings. The second-order valence-electron chi connectivity index (χ2n) is 5.12. The SMILES string of the molecule is C[C@@H](c1cc2ccccc2o1)N(C)C(=O)Cc1cccs1. The van der Waals surface area contributed by atoms with Crippen molar-refractivity contribution in [1.82, 2.24) is 4.90 Å². The van der Waals surface area contributed by atoms with Crippen LogP contribution in [-0.2, 0) is 11.2 Å². The van der Waals surface area contributed by atoms with Crippen molar-refractivity contribution in [3.63, 3.8) is 0 Å². The van der Waals surface area contributed by atoms with Crippen LogP contribution in [0.1, 0.15) is 23.6 Å². The topological polar surface area (TPSA) is 33.5 Å². The lowest BCUT2D eigenvalue weighted by molar-refractivity contribution is -0.131. The summed E-state index contributed by atoms with van der Waals surface area (Å²) < 4.78 is 5.85. The predicted molar refractivity (Wildman–Crippen MR) is 85.4 cm³/mol. The molecule has 1 amide bonds. The van der Waals surface area contributed by atoms with Gasteiger partial charge in [-0.2, -0.15) is 0 Å². The molecular weight excluding hydrogens is 282 g/mol. The number of fused-ring (bicyclic) bond motifs is 1. The summed E-state index contributed by atoms with van der Waals surface area (Å²) in [6.07, 6.45) is 0.443. The van der Waals surface area contributed by atoms with Crippen LogP contribution in [0.2, 0.25) is 0 Å². The molecule has 3 nitrogen and oxygen atoms in total. The lowest BCUT2D eigenvalue weighted by Crippen LogP contribution is -2.30. The maximum atomic E-state index is 12.3. The molecule has 0 aliphatic carbocycles. The fraction of sp³-hybridized carbons (Fsp3) is 0.235. The number of furan rings is 1. The average molecular weight is 299 g/mol. The normalized spacial score (nSPS) is 12.5. The van der Waals surface area contributed by atoms with Gasteiger partial charge in [-0.3, -0.25) is 4.79 Å². The lowest BCUT2D eigenvalue weighted by Gasteiger charge is -2.23. The number of benzene rings is 1. The van der Waals surface area contributed by atoms with Gasteiger partial charge >= 0.3 is 0 Å². The van der Waals surface area contributed by atoms with Crippen molar-refractivity contribution in [3.8, 4) is 0 Å². The number of amides is 1. The van der Waals surface area contributed by atoms with E-state index >= 15 is 0 Å². The number of carbonyl (C=O) groups is 1. The number of carbonyl (C=O) groups excluding carboxylic acids is 1. The highest BCUT2D eigenvalue weighted by Gasteiger charge is 2.21. The van der Waals surface area contributed by atoms with E-state index in [0.29, 0.717) is 6.42 Å². The van der Waals surface area contributed by atoms with Crippen LogP contribution in [0.25, 0.3) is 11.0 Å². The smallest absolute Gasteiger partial charge is 0.228 e. The molecule has 0 spiro atoms. The van der Waals surface area contributed by atoms with E-state index in [1.807, 2.05) is 61.8 Å². The van der Waals surface area contributed by atoms with Crippen LogP contribution >= 0.6 is 11.3 Å². The van der Waals surface area contributed by atoms with E-state index in [0.717, 1.165) is 21.6 Å². The summed E-state index contributed by atoms with van der Waals surface area (Å²) in [6, 6.07) is 13.8. The van der Waals surface area contributed by atoms with Crippen molar-refractivity contribution < 1.29 is 9.21 Å². The second-order valence-corrected chi connectivity index (χ2v) is 6.16. The molecule has 0 bridgehead atoms. The number of hydrogen-bond acceptors (Lipinski definition) is 3. The molecule has 0 fully saturated rings. The fourth-order valence-electron chi connectivity index (χ4n) is 2.30. The summed E-state index contributed by atoms with van der Waals surface area (Å²) in [6.45, 7) is 1.99. The number of nitrogens with zero attached hydrogens (tertiary/aromatic N) is 1. The zero-order valence-corrected chi connectivity index (χ0v) is 12.9. The van der Waals surface area contributed by atoms with Gasteiger partial charge in [0, 0.05) is 17.3 Å². The van der Waals surface area contributed by atoms with Gasteiger partial charge in [0.1, 0.15) is 11.3 Å². The quantitative estimate of drug-likeness (QED) is 0.721. The van der Waals surface area contributed by atoms with Gasteiger partial charge in [-0.25, -0.2) is 0 Å². The molecule has 0 unspecified atom stereocenters. The van der Waals surface area contributed by atoms with Crippen LogP contribution < -0.4 is 0 Å². The van der Waals surface area contributed by atoms with Gasteiger partial charge in [-0.1, -0.05) is 24.3 Å². The molecule has 0 aliphatic heterocycles. The van der Waals surface area contributed by atoms with E-state index in [1.54, 1.807) is 16.2 Å². The first-order valence-electron chi connectivity index (χ1n) is 6.91. The molecule has 0 N–H and O–H groups in total. The molecule has 3 aromatic rings. The molecule has 3 rings (SSSR count). The van der Waals surface area contributed by atoms with E-state index in [2.05, 4.69) is 0 Å². The van der Waals surface area contributed by atoms with Crippen molar-refractivity contribution in [3.05, 3.63) is 58.5 Å². The van der Waals surface area contributed by atoms with Crippen molar-refractivity contribution in [2.45, 2.75) is 19.4 Å². The van der Waals surface area contributed by atoms with E-state index in [4.69, 9.17) is 4.42 Å². The summed E-state index contributed by atoms with van der Waals surface area (Å²) in [5.41, 5.74) is 0.860. The maximum absolute atomic E-state index is 12.3. The van der Waals surface area contributed by atoms with E-state index in [-0.39, 0.29) is 11.9 Å². The fourth-order valence-corrected chi connectivity index (χ4v) is 3.00. The highest BCUT2D eigenvalue weighted by atomic mass is 32.1. The number of rotatable bonds is 4. The Bertz CT molecular complexity index is 712.